The fourth-order valence-corrected chi connectivity index (χ4v) is 3.71. The Morgan fingerprint density at radius 2 is 1.64 bits per heavy atom. The van der Waals surface area contributed by atoms with Crippen LogP contribution in [0.2, 0.25) is 0 Å². The molecule has 2 atom stereocenters. The number of para-hydroxylation sites is 1. The van der Waals surface area contributed by atoms with Gasteiger partial charge in [-0.2, -0.15) is 0 Å². The van der Waals surface area contributed by atoms with Crippen LogP contribution < -0.4 is 9.47 Å². The van der Waals surface area contributed by atoms with Crippen LogP contribution in [0.25, 0.3) is 0 Å². The minimum absolute atomic E-state index is 0.0499. The topological polar surface area (TPSA) is 30.8 Å². The van der Waals surface area contributed by atoms with Crippen molar-refractivity contribution in [2.24, 2.45) is 4.99 Å². The van der Waals surface area contributed by atoms with Gasteiger partial charge in [-0.3, -0.25) is 4.99 Å². The van der Waals surface area contributed by atoms with Gasteiger partial charge >= 0.3 is 0 Å². The Kier molecular flexibility index (Phi) is 3.14. The molecular formula is C22H17NO2. The van der Waals surface area contributed by atoms with Crippen LogP contribution in [0, 0.1) is 0 Å². The first-order chi connectivity index (χ1) is 12.3. The number of hydrogen-bond donors (Lipinski definition) is 0. The van der Waals surface area contributed by atoms with E-state index >= 15 is 0 Å². The van der Waals surface area contributed by atoms with Crippen molar-refractivity contribution in [2.45, 2.75) is 12.1 Å². The lowest BCUT2D eigenvalue weighted by atomic mass is 9.87. The smallest absolute Gasteiger partial charge is 0.166 e. The Morgan fingerprint density at radius 3 is 2.48 bits per heavy atom. The van der Waals surface area contributed by atoms with Crippen molar-refractivity contribution in [1.29, 1.82) is 0 Å². The molecule has 3 aromatic rings. The number of aliphatic imine (C=N–C) groups is 1. The quantitative estimate of drug-likeness (QED) is 0.682. The number of hydrogen-bond acceptors (Lipinski definition) is 3. The van der Waals surface area contributed by atoms with E-state index in [0.717, 1.165) is 33.9 Å². The van der Waals surface area contributed by atoms with Crippen molar-refractivity contribution in [3.63, 3.8) is 0 Å². The normalized spacial score (nSPS) is 20.0. The van der Waals surface area contributed by atoms with E-state index < -0.39 is 0 Å². The summed E-state index contributed by atoms with van der Waals surface area (Å²) in [6, 6.07) is 24.6. The highest BCUT2D eigenvalue weighted by molar-refractivity contribution is 6.06. The zero-order valence-corrected chi connectivity index (χ0v) is 13.8. The van der Waals surface area contributed by atoms with E-state index in [4.69, 9.17) is 14.5 Å². The molecule has 3 aliphatic rings. The number of nitrogens with zero attached hydrogens (tertiary/aromatic N) is 1. The highest BCUT2D eigenvalue weighted by atomic mass is 16.5. The van der Waals surface area contributed by atoms with E-state index in [1.165, 1.54) is 5.56 Å². The Labute approximate surface area is 146 Å². The summed E-state index contributed by atoms with van der Waals surface area (Å²) in [4.78, 5) is 5.10. The van der Waals surface area contributed by atoms with Crippen LogP contribution in [0.4, 0.5) is 0 Å². The Morgan fingerprint density at radius 1 is 0.840 bits per heavy atom. The number of ether oxygens (including phenoxy) is 2. The molecule has 25 heavy (non-hydrogen) atoms. The van der Waals surface area contributed by atoms with Gasteiger partial charge in [-0.25, -0.2) is 0 Å². The molecule has 3 aliphatic heterocycles. The molecule has 3 aromatic carbocycles. The van der Waals surface area contributed by atoms with Crippen LogP contribution >= 0.6 is 0 Å². The largest absolute Gasteiger partial charge is 0.497 e. The SMILES string of the molecule is COc1ccc2c(c1)C1Oc3ccccc3C2N=C1c1ccccc1. The first-order valence-corrected chi connectivity index (χ1v) is 8.41. The number of rotatable bonds is 2. The molecule has 3 heteroatoms. The summed E-state index contributed by atoms with van der Waals surface area (Å²) < 4.78 is 11.9. The molecule has 0 saturated heterocycles. The van der Waals surface area contributed by atoms with E-state index in [2.05, 4.69) is 30.3 Å². The molecule has 3 nitrogen and oxygen atoms in total. The van der Waals surface area contributed by atoms with Crippen molar-refractivity contribution < 1.29 is 9.47 Å². The summed E-state index contributed by atoms with van der Waals surface area (Å²) in [5.41, 5.74) is 5.51. The number of benzene rings is 3. The molecule has 0 radical (unpaired) electrons. The summed E-state index contributed by atoms with van der Waals surface area (Å²) in [5, 5.41) is 0. The third kappa shape index (κ3) is 2.16. The molecule has 0 aromatic heterocycles. The fourth-order valence-electron chi connectivity index (χ4n) is 3.71. The van der Waals surface area contributed by atoms with Crippen molar-refractivity contribution in [3.8, 4) is 11.5 Å². The molecule has 0 fully saturated rings. The average molecular weight is 327 g/mol. The summed E-state index contributed by atoms with van der Waals surface area (Å²) in [7, 11) is 1.69. The van der Waals surface area contributed by atoms with Crippen LogP contribution in [0.15, 0.2) is 77.8 Å². The summed E-state index contributed by atoms with van der Waals surface area (Å²) in [5.74, 6) is 1.74. The van der Waals surface area contributed by atoms with Crippen LogP contribution in [-0.2, 0) is 0 Å². The third-order valence-corrected chi connectivity index (χ3v) is 4.92. The van der Waals surface area contributed by atoms with Gasteiger partial charge in [0.15, 0.2) is 6.10 Å². The van der Waals surface area contributed by atoms with Gasteiger partial charge in [0, 0.05) is 11.1 Å². The van der Waals surface area contributed by atoms with Gasteiger partial charge in [0.05, 0.1) is 12.8 Å². The summed E-state index contributed by atoms with van der Waals surface area (Å²) in [6.45, 7) is 0. The summed E-state index contributed by atoms with van der Waals surface area (Å²) in [6.07, 6.45) is -0.229. The highest BCUT2D eigenvalue weighted by Gasteiger charge is 2.38. The van der Waals surface area contributed by atoms with E-state index in [-0.39, 0.29) is 12.1 Å². The zero-order valence-electron chi connectivity index (χ0n) is 13.8. The van der Waals surface area contributed by atoms with Crippen molar-refractivity contribution in [2.75, 3.05) is 7.11 Å². The molecule has 0 N–H and O–H groups in total. The predicted octanol–water partition coefficient (Wildman–Crippen LogP) is 4.72. The lowest BCUT2D eigenvalue weighted by Gasteiger charge is -2.27. The van der Waals surface area contributed by atoms with E-state index in [0.29, 0.717) is 0 Å². The maximum atomic E-state index is 6.45. The molecule has 3 heterocycles. The van der Waals surface area contributed by atoms with Crippen LogP contribution in [-0.4, -0.2) is 12.8 Å². The van der Waals surface area contributed by atoms with Gasteiger partial charge in [-0.05, 0) is 29.3 Å². The molecule has 122 valence electrons. The fraction of sp³-hybridized carbons (Fsp3) is 0.136. The number of methoxy groups -OCH3 is 1. The molecule has 0 aliphatic carbocycles. The van der Waals surface area contributed by atoms with E-state index in [9.17, 15) is 0 Å². The van der Waals surface area contributed by atoms with Crippen LogP contribution in [0.3, 0.4) is 0 Å². The van der Waals surface area contributed by atoms with Crippen molar-refractivity contribution in [3.05, 3.63) is 95.1 Å². The first kappa shape index (κ1) is 14.3. The standard InChI is InChI=1S/C22H17NO2/c1-24-15-11-12-16-18(13-15)22-20(14-7-3-2-4-8-14)23-21(16)17-9-5-6-10-19(17)25-22/h2-13,21-22H,1H3. The Balaban J connectivity index is 1.76. The predicted molar refractivity (Wildman–Crippen MR) is 97.6 cm³/mol. The minimum atomic E-state index is -0.229. The second kappa shape index (κ2) is 5.49. The molecule has 6 rings (SSSR count). The Hall–Kier alpha value is -3.07. The molecule has 0 spiro atoms. The van der Waals surface area contributed by atoms with E-state index in [1.54, 1.807) is 7.11 Å². The van der Waals surface area contributed by atoms with Crippen LogP contribution in [0.5, 0.6) is 11.5 Å². The maximum absolute atomic E-state index is 6.45. The van der Waals surface area contributed by atoms with Gasteiger partial charge < -0.3 is 9.47 Å². The van der Waals surface area contributed by atoms with E-state index in [1.807, 2.05) is 42.5 Å². The molecule has 0 amide bonds. The second-order valence-corrected chi connectivity index (χ2v) is 6.31. The Bertz CT molecular complexity index is 978. The van der Waals surface area contributed by atoms with Crippen LogP contribution in [0.1, 0.15) is 34.4 Å². The zero-order chi connectivity index (χ0) is 16.8. The lowest BCUT2D eigenvalue weighted by molar-refractivity contribution is 0.275. The van der Waals surface area contributed by atoms with Crippen molar-refractivity contribution in [1.82, 2.24) is 0 Å². The lowest BCUT2D eigenvalue weighted by Crippen LogP contribution is -2.24. The maximum Gasteiger partial charge on any atom is 0.166 e. The van der Waals surface area contributed by atoms with Crippen molar-refractivity contribution >= 4 is 5.71 Å². The second-order valence-electron chi connectivity index (χ2n) is 6.31. The van der Waals surface area contributed by atoms with Gasteiger partial charge in [-0.15, -0.1) is 0 Å². The third-order valence-electron chi connectivity index (χ3n) is 4.92. The summed E-state index contributed by atoms with van der Waals surface area (Å²) >= 11 is 0. The first-order valence-electron chi connectivity index (χ1n) is 8.41. The molecule has 2 bridgehead atoms. The molecule has 0 saturated carbocycles. The molecule has 2 unspecified atom stereocenters. The monoisotopic (exact) mass is 327 g/mol. The van der Waals surface area contributed by atoms with Gasteiger partial charge in [-0.1, -0.05) is 54.6 Å². The van der Waals surface area contributed by atoms with Gasteiger partial charge in [0.2, 0.25) is 0 Å². The van der Waals surface area contributed by atoms with Gasteiger partial charge in [0.25, 0.3) is 0 Å². The van der Waals surface area contributed by atoms with Gasteiger partial charge in [0.1, 0.15) is 17.5 Å². The molecular weight excluding hydrogens is 310 g/mol. The average Bonchev–Trinajstić information content (AvgIpc) is 2.93. The minimum Gasteiger partial charge on any atom is -0.497 e. The highest BCUT2D eigenvalue weighted by Crippen LogP contribution is 2.47.